The summed E-state index contributed by atoms with van der Waals surface area (Å²) in [6.07, 6.45) is 0.891. The van der Waals surface area contributed by atoms with Crippen molar-refractivity contribution in [3.63, 3.8) is 0 Å². The van der Waals surface area contributed by atoms with E-state index >= 15 is 0 Å². The van der Waals surface area contributed by atoms with Gasteiger partial charge in [-0.1, -0.05) is 24.2 Å². The van der Waals surface area contributed by atoms with Crippen LogP contribution < -0.4 is 0 Å². The minimum atomic E-state index is 0.619. The largest absolute Gasteiger partial charge is 0.396 e. The van der Waals surface area contributed by atoms with Crippen LogP contribution in [0, 0.1) is 13.8 Å². The van der Waals surface area contributed by atoms with Crippen molar-refractivity contribution < 1.29 is 4.84 Å². The first-order valence-corrected chi connectivity index (χ1v) is 5.45. The van der Waals surface area contributed by atoms with Crippen LogP contribution in [0.1, 0.15) is 37.0 Å². The Balaban J connectivity index is 2.97. The van der Waals surface area contributed by atoms with Crippen LogP contribution in [0.3, 0.4) is 0 Å². The predicted octanol–water partition coefficient (Wildman–Crippen LogP) is 3.45. The Morgan fingerprint density at radius 1 is 1.20 bits per heavy atom. The van der Waals surface area contributed by atoms with E-state index in [9.17, 15) is 0 Å². The van der Waals surface area contributed by atoms with Gasteiger partial charge in [0.15, 0.2) is 0 Å². The summed E-state index contributed by atoms with van der Waals surface area (Å²) in [6.45, 7) is 8.88. The molecule has 0 aliphatic carbocycles. The molecule has 2 heteroatoms. The third-order valence-electron chi connectivity index (χ3n) is 2.48. The molecule has 1 rings (SSSR count). The van der Waals surface area contributed by atoms with Crippen molar-refractivity contribution in [1.29, 1.82) is 0 Å². The van der Waals surface area contributed by atoms with Gasteiger partial charge in [-0.3, -0.25) is 0 Å². The van der Waals surface area contributed by atoms with Gasteiger partial charge in [-0.2, -0.15) is 0 Å². The molecule has 0 spiro atoms. The maximum absolute atomic E-state index is 5.10. The van der Waals surface area contributed by atoms with Crippen molar-refractivity contribution in [2.45, 2.75) is 34.1 Å². The van der Waals surface area contributed by atoms with Crippen LogP contribution in [0.25, 0.3) is 0 Å². The molecule has 0 unspecified atom stereocenters. The predicted molar refractivity (Wildman–Crippen MR) is 64.4 cm³/mol. The lowest BCUT2D eigenvalue weighted by Gasteiger charge is -2.06. The molecule has 1 aromatic carbocycles. The van der Waals surface area contributed by atoms with E-state index in [4.69, 9.17) is 4.84 Å². The number of oxime groups is 1. The molecule has 15 heavy (non-hydrogen) atoms. The van der Waals surface area contributed by atoms with Crippen molar-refractivity contribution in [3.8, 4) is 0 Å². The number of hydrogen-bond acceptors (Lipinski definition) is 2. The summed E-state index contributed by atoms with van der Waals surface area (Å²) < 4.78 is 0. The number of benzene rings is 1. The van der Waals surface area contributed by atoms with Gasteiger partial charge in [-0.15, -0.1) is 0 Å². The molecule has 0 radical (unpaired) electrons. The molecule has 0 heterocycles. The Morgan fingerprint density at radius 2 is 1.93 bits per heavy atom. The molecular formula is C13H19NO. The highest BCUT2D eigenvalue weighted by molar-refractivity contribution is 6.00. The maximum Gasteiger partial charge on any atom is 0.114 e. The molecule has 82 valence electrons. The SMILES string of the molecule is CCON=C(CC)c1ccc(C)c(C)c1. The van der Waals surface area contributed by atoms with Gasteiger partial charge in [0.1, 0.15) is 6.61 Å². The third kappa shape index (κ3) is 3.08. The Kier molecular flexibility index (Phi) is 4.35. The van der Waals surface area contributed by atoms with Gasteiger partial charge in [0, 0.05) is 0 Å². The van der Waals surface area contributed by atoms with Crippen LogP contribution in [0.2, 0.25) is 0 Å². The Morgan fingerprint density at radius 3 is 2.47 bits per heavy atom. The molecule has 0 atom stereocenters. The average molecular weight is 205 g/mol. The van der Waals surface area contributed by atoms with Gasteiger partial charge in [0.2, 0.25) is 0 Å². The molecule has 0 aromatic heterocycles. The molecule has 0 fully saturated rings. The lowest BCUT2D eigenvalue weighted by Crippen LogP contribution is -2.01. The molecule has 2 nitrogen and oxygen atoms in total. The van der Waals surface area contributed by atoms with Gasteiger partial charge in [0.25, 0.3) is 0 Å². The molecule has 0 bridgehead atoms. The van der Waals surface area contributed by atoms with Crippen molar-refractivity contribution >= 4 is 5.71 Å². The zero-order chi connectivity index (χ0) is 11.3. The monoisotopic (exact) mass is 205 g/mol. The number of hydrogen-bond donors (Lipinski definition) is 0. The van der Waals surface area contributed by atoms with E-state index in [0.29, 0.717) is 6.61 Å². The first kappa shape index (κ1) is 11.8. The molecule has 0 N–H and O–H groups in total. The van der Waals surface area contributed by atoms with Gasteiger partial charge in [0.05, 0.1) is 5.71 Å². The second-order valence-electron chi connectivity index (χ2n) is 3.61. The quantitative estimate of drug-likeness (QED) is 0.545. The molecule has 0 saturated heterocycles. The molecule has 0 amide bonds. The van der Waals surface area contributed by atoms with Crippen LogP contribution >= 0.6 is 0 Å². The fraction of sp³-hybridized carbons (Fsp3) is 0.462. The normalized spacial score (nSPS) is 11.6. The summed E-state index contributed by atoms with van der Waals surface area (Å²) >= 11 is 0. The summed E-state index contributed by atoms with van der Waals surface area (Å²) in [7, 11) is 0. The smallest absolute Gasteiger partial charge is 0.114 e. The Labute approximate surface area is 91.9 Å². The van der Waals surface area contributed by atoms with Crippen LogP contribution in [0.4, 0.5) is 0 Å². The first-order valence-electron chi connectivity index (χ1n) is 5.45. The van der Waals surface area contributed by atoms with Crippen LogP contribution in [-0.4, -0.2) is 12.3 Å². The fourth-order valence-electron chi connectivity index (χ4n) is 1.38. The molecule has 0 aliphatic heterocycles. The van der Waals surface area contributed by atoms with Gasteiger partial charge >= 0.3 is 0 Å². The van der Waals surface area contributed by atoms with Crippen LogP contribution in [0.5, 0.6) is 0 Å². The highest BCUT2D eigenvalue weighted by Gasteiger charge is 2.03. The van der Waals surface area contributed by atoms with Crippen LogP contribution in [0.15, 0.2) is 23.4 Å². The van der Waals surface area contributed by atoms with Gasteiger partial charge in [-0.25, -0.2) is 0 Å². The Hall–Kier alpha value is -1.31. The van der Waals surface area contributed by atoms with Gasteiger partial charge < -0.3 is 4.84 Å². The number of rotatable bonds is 4. The number of aryl methyl sites for hydroxylation is 2. The van der Waals surface area contributed by atoms with E-state index in [1.54, 1.807) is 0 Å². The highest BCUT2D eigenvalue weighted by atomic mass is 16.6. The zero-order valence-corrected chi connectivity index (χ0v) is 10.0. The van der Waals surface area contributed by atoms with E-state index in [1.165, 1.54) is 11.1 Å². The van der Waals surface area contributed by atoms with Crippen LogP contribution in [-0.2, 0) is 4.84 Å². The van der Waals surface area contributed by atoms with E-state index in [2.05, 4.69) is 44.1 Å². The minimum absolute atomic E-state index is 0.619. The fourth-order valence-corrected chi connectivity index (χ4v) is 1.38. The summed E-state index contributed by atoms with van der Waals surface area (Å²) in [4.78, 5) is 5.10. The topological polar surface area (TPSA) is 21.6 Å². The van der Waals surface area contributed by atoms with E-state index in [1.807, 2.05) is 6.92 Å². The summed E-state index contributed by atoms with van der Waals surface area (Å²) in [6, 6.07) is 6.39. The van der Waals surface area contributed by atoms with E-state index < -0.39 is 0 Å². The summed E-state index contributed by atoms with van der Waals surface area (Å²) in [5.41, 5.74) is 4.78. The standard InChI is InChI=1S/C13H19NO/c1-5-13(14-15-6-2)12-8-7-10(3)11(4)9-12/h7-9H,5-6H2,1-4H3. The molecule has 1 aromatic rings. The van der Waals surface area contributed by atoms with E-state index in [0.717, 1.165) is 17.7 Å². The number of nitrogens with zero attached hydrogens (tertiary/aromatic N) is 1. The molecular weight excluding hydrogens is 186 g/mol. The van der Waals surface area contributed by atoms with Crippen molar-refractivity contribution in [2.75, 3.05) is 6.61 Å². The Bertz CT molecular complexity index is 356. The maximum atomic E-state index is 5.10. The summed E-state index contributed by atoms with van der Waals surface area (Å²) in [5, 5.41) is 4.12. The molecule has 0 saturated carbocycles. The highest BCUT2D eigenvalue weighted by Crippen LogP contribution is 2.12. The molecule has 0 aliphatic rings. The average Bonchev–Trinajstić information content (AvgIpc) is 2.24. The second-order valence-corrected chi connectivity index (χ2v) is 3.61. The van der Waals surface area contributed by atoms with Crippen molar-refractivity contribution in [1.82, 2.24) is 0 Å². The third-order valence-corrected chi connectivity index (χ3v) is 2.48. The van der Waals surface area contributed by atoms with Gasteiger partial charge in [-0.05, 0) is 49.9 Å². The second kappa shape index (κ2) is 5.54. The summed E-state index contributed by atoms with van der Waals surface area (Å²) in [5.74, 6) is 0. The first-order chi connectivity index (χ1) is 7.19. The van der Waals surface area contributed by atoms with E-state index in [-0.39, 0.29) is 0 Å². The van der Waals surface area contributed by atoms with Crippen molar-refractivity contribution in [3.05, 3.63) is 34.9 Å². The lowest BCUT2D eigenvalue weighted by molar-refractivity contribution is 0.158. The zero-order valence-electron chi connectivity index (χ0n) is 10.0. The van der Waals surface area contributed by atoms with Crippen molar-refractivity contribution in [2.24, 2.45) is 5.16 Å². The minimum Gasteiger partial charge on any atom is -0.396 e. The lowest BCUT2D eigenvalue weighted by atomic mass is 10.0.